The Morgan fingerprint density at radius 1 is 0.792 bits per heavy atom. The van der Waals surface area contributed by atoms with Gasteiger partial charge in [-0.05, 0) is 70.6 Å². The number of methoxy groups -OCH3 is 1. The topological polar surface area (TPSA) is 115 Å². The largest absolute Gasteiger partial charge is 0.493 e. The molecule has 2 fully saturated rings. The fraction of sp³-hybridized carbons (Fsp3) is 0.514. The van der Waals surface area contributed by atoms with Gasteiger partial charge in [0, 0.05) is 38.3 Å². The first-order chi connectivity index (χ1) is 22.9. The molecule has 0 bridgehead atoms. The van der Waals surface area contributed by atoms with E-state index >= 15 is 0 Å². The summed E-state index contributed by atoms with van der Waals surface area (Å²) in [5.41, 5.74) is 5.08. The highest BCUT2D eigenvalue weighted by atomic mass is 16.5. The molecular formula is C37H48N4O7. The van der Waals surface area contributed by atoms with E-state index in [0.29, 0.717) is 78.9 Å². The van der Waals surface area contributed by atoms with Gasteiger partial charge < -0.3 is 44.0 Å². The number of benzene rings is 2. The number of nitrogens with zero attached hydrogens (tertiary/aromatic N) is 4. The van der Waals surface area contributed by atoms with Gasteiger partial charge in [0.1, 0.15) is 18.2 Å². The van der Waals surface area contributed by atoms with E-state index in [-0.39, 0.29) is 29.9 Å². The van der Waals surface area contributed by atoms with Gasteiger partial charge >= 0.3 is 0 Å². The number of amides is 2. The first kappa shape index (κ1) is 33.7. The summed E-state index contributed by atoms with van der Waals surface area (Å²) in [4.78, 5) is 34.1. The first-order valence-electron chi connectivity index (χ1n) is 16.9. The molecule has 2 aromatic rings. The average molecular weight is 661 g/mol. The minimum atomic E-state index is -0.865. The maximum absolute atomic E-state index is 13.6. The number of aliphatic hydroxyl groups excluding tert-OH is 2. The summed E-state index contributed by atoms with van der Waals surface area (Å²) < 4.78 is 18.0. The molecule has 0 aromatic heterocycles. The third kappa shape index (κ3) is 5.98. The van der Waals surface area contributed by atoms with Crippen molar-refractivity contribution in [2.45, 2.75) is 83.5 Å². The van der Waals surface area contributed by atoms with Crippen molar-refractivity contribution in [2.75, 3.05) is 50.3 Å². The van der Waals surface area contributed by atoms with E-state index in [1.54, 1.807) is 41.0 Å². The third-order valence-corrected chi connectivity index (χ3v) is 10.0. The smallest absolute Gasteiger partial charge is 0.256 e. The van der Waals surface area contributed by atoms with E-state index in [9.17, 15) is 19.8 Å². The van der Waals surface area contributed by atoms with Gasteiger partial charge in [0.25, 0.3) is 11.8 Å². The summed E-state index contributed by atoms with van der Waals surface area (Å²) in [6.07, 6.45) is 1.86. The fourth-order valence-electron chi connectivity index (χ4n) is 7.50. The van der Waals surface area contributed by atoms with Gasteiger partial charge in [0.15, 0.2) is 11.5 Å². The van der Waals surface area contributed by atoms with Gasteiger partial charge in [-0.15, -0.1) is 0 Å². The van der Waals surface area contributed by atoms with Crippen molar-refractivity contribution in [3.63, 3.8) is 0 Å². The van der Waals surface area contributed by atoms with E-state index < -0.39 is 12.5 Å². The maximum Gasteiger partial charge on any atom is 0.256 e. The number of hydrogen-bond donors (Lipinski definition) is 2. The average Bonchev–Trinajstić information content (AvgIpc) is 3.62. The van der Waals surface area contributed by atoms with Crippen LogP contribution in [0.2, 0.25) is 0 Å². The maximum atomic E-state index is 13.6. The lowest BCUT2D eigenvalue weighted by molar-refractivity contribution is 0.0497. The summed E-state index contributed by atoms with van der Waals surface area (Å²) in [5.74, 6) is 1.44. The Morgan fingerprint density at radius 3 is 1.92 bits per heavy atom. The van der Waals surface area contributed by atoms with Crippen molar-refractivity contribution >= 4 is 23.2 Å². The van der Waals surface area contributed by atoms with Gasteiger partial charge in [0.05, 0.1) is 54.9 Å². The second-order valence-corrected chi connectivity index (χ2v) is 13.8. The van der Waals surface area contributed by atoms with Gasteiger partial charge in [-0.1, -0.05) is 24.3 Å². The van der Waals surface area contributed by atoms with Crippen molar-refractivity contribution in [3.8, 4) is 17.2 Å². The van der Waals surface area contributed by atoms with Crippen LogP contribution in [0.4, 0.5) is 11.4 Å². The quantitative estimate of drug-likeness (QED) is 0.281. The van der Waals surface area contributed by atoms with Gasteiger partial charge in [-0.25, -0.2) is 0 Å². The number of aryl methyl sites for hydroxylation is 1. The van der Waals surface area contributed by atoms with E-state index in [2.05, 4.69) is 13.2 Å². The number of fused-ring (bicyclic) bond motifs is 4. The molecule has 6 rings (SSSR count). The molecule has 11 heteroatoms. The number of carbonyl (C=O) groups is 2. The van der Waals surface area contributed by atoms with Gasteiger partial charge in [-0.2, -0.15) is 0 Å². The molecule has 258 valence electrons. The molecular weight excluding hydrogens is 612 g/mol. The lowest BCUT2D eigenvalue weighted by Crippen LogP contribution is -2.50. The summed E-state index contributed by atoms with van der Waals surface area (Å²) in [6, 6.07) is 6.55. The number of unbranched alkanes of at least 4 members (excludes halogenated alkanes) is 2. The normalized spacial score (nSPS) is 23.6. The molecule has 0 radical (unpaired) electrons. The fourth-order valence-corrected chi connectivity index (χ4v) is 7.50. The number of anilines is 2. The SMILES string of the molecule is C=C1CC2C(O)N(C)c3cc(OCCCCCOc4cc5c(cc4C)C(=O)N4CC(=C)C[C@H]4C(O)N5C(C)C)c(OC)cc3C(=O)N2C1. The van der Waals surface area contributed by atoms with Crippen LogP contribution in [-0.4, -0.2) is 103 Å². The number of ether oxygens (including phenoxy) is 3. The monoisotopic (exact) mass is 660 g/mol. The molecule has 2 amide bonds. The molecule has 11 nitrogen and oxygen atoms in total. The van der Waals surface area contributed by atoms with Crippen LogP contribution in [0.5, 0.6) is 17.2 Å². The molecule has 4 aliphatic rings. The Kier molecular flexibility index (Phi) is 9.37. The highest BCUT2D eigenvalue weighted by Gasteiger charge is 2.45. The minimum absolute atomic E-state index is 0.0297. The van der Waals surface area contributed by atoms with Crippen molar-refractivity contribution < 1.29 is 34.0 Å². The van der Waals surface area contributed by atoms with Crippen LogP contribution in [0, 0.1) is 6.92 Å². The molecule has 2 saturated heterocycles. The Balaban J connectivity index is 1.06. The second kappa shape index (κ2) is 13.4. The predicted octanol–water partition coefficient (Wildman–Crippen LogP) is 4.49. The molecule has 2 N–H and O–H groups in total. The zero-order chi connectivity index (χ0) is 34.4. The minimum Gasteiger partial charge on any atom is -0.493 e. The number of likely N-dealkylation sites (N-methyl/N-ethyl adjacent to an activating group) is 1. The lowest BCUT2D eigenvalue weighted by Gasteiger charge is -2.36. The van der Waals surface area contributed by atoms with Gasteiger partial charge in [-0.3, -0.25) is 9.59 Å². The van der Waals surface area contributed by atoms with Crippen LogP contribution in [0.25, 0.3) is 0 Å². The Bertz CT molecular complexity index is 1620. The van der Waals surface area contributed by atoms with Crippen LogP contribution in [0.15, 0.2) is 48.6 Å². The molecule has 0 aliphatic carbocycles. The lowest BCUT2D eigenvalue weighted by atomic mass is 10.0. The van der Waals surface area contributed by atoms with Crippen molar-refractivity contribution in [2.24, 2.45) is 0 Å². The summed E-state index contributed by atoms with van der Waals surface area (Å²) >= 11 is 0. The Morgan fingerprint density at radius 2 is 1.33 bits per heavy atom. The highest BCUT2D eigenvalue weighted by Crippen LogP contribution is 2.42. The number of hydrogen-bond acceptors (Lipinski definition) is 9. The van der Waals surface area contributed by atoms with Crippen LogP contribution in [0.3, 0.4) is 0 Å². The van der Waals surface area contributed by atoms with Crippen molar-refractivity contribution in [1.29, 1.82) is 0 Å². The van der Waals surface area contributed by atoms with E-state index in [1.807, 2.05) is 37.8 Å². The number of rotatable bonds is 10. The molecule has 4 aliphatic heterocycles. The zero-order valence-electron chi connectivity index (χ0n) is 28.7. The van der Waals surface area contributed by atoms with Crippen molar-refractivity contribution in [3.05, 3.63) is 65.3 Å². The molecule has 0 saturated carbocycles. The molecule has 3 unspecified atom stereocenters. The predicted molar refractivity (Wildman–Crippen MR) is 184 cm³/mol. The van der Waals surface area contributed by atoms with Crippen LogP contribution in [-0.2, 0) is 0 Å². The molecule has 0 spiro atoms. The summed E-state index contributed by atoms with van der Waals surface area (Å²) in [6.45, 7) is 15.9. The Hall–Kier alpha value is -4.22. The molecule has 2 aromatic carbocycles. The van der Waals surface area contributed by atoms with E-state index in [4.69, 9.17) is 14.2 Å². The molecule has 4 atom stereocenters. The van der Waals surface area contributed by atoms with Crippen molar-refractivity contribution in [1.82, 2.24) is 9.80 Å². The Labute approximate surface area is 283 Å². The molecule has 4 heterocycles. The van der Waals surface area contributed by atoms with Crippen LogP contribution >= 0.6 is 0 Å². The van der Waals surface area contributed by atoms with E-state index in [0.717, 1.165) is 36.0 Å². The third-order valence-electron chi connectivity index (χ3n) is 10.0. The zero-order valence-corrected chi connectivity index (χ0v) is 28.7. The van der Waals surface area contributed by atoms with Crippen LogP contribution in [0.1, 0.15) is 72.2 Å². The molecule has 48 heavy (non-hydrogen) atoms. The van der Waals surface area contributed by atoms with E-state index in [1.165, 1.54) is 0 Å². The first-order valence-corrected chi connectivity index (χ1v) is 16.9. The highest BCUT2D eigenvalue weighted by molar-refractivity contribution is 6.03. The standard InChI is InChI=1S/C37H48N4O7/c1-21(2)41-28-18-31(24(5)15-25(28)34(42)40-20-23(4)14-30(40)37(41)45)47-11-9-8-10-12-48-33-17-27-26(16-32(33)46-7)35(43)39-19-22(3)13-29(39)36(44)38(27)6/h15-18,21,29-30,36-37,44-45H,3-4,8-14,19-20H2,1-2,5-7H3/t29?,30-,36?,37?/m0/s1. The number of aliphatic hydroxyl groups is 2. The van der Waals surface area contributed by atoms with Gasteiger partial charge in [0.2, 0.25) is 0 Å². The second-order valence-electron chi connectivity index (χ2n) is 13.8. The summed E-state index contributed by atoms with van der Waals surface area (Å²) in [5, 5.41) is 22.5. The number of carbonyl (C=O) groups excluding carboxylic acids is 2. The summed E-state index contributed by atoms with van der Waals surface area (Å²) in [7, 11) is 3.33. The van der Waals surface area contributed by atoms with Crippen LogP contribution < -0.4 is 24.0 Å².